The van der Waals surface area contributed by atoms with E-state index in [1.807, 2.05) is 35.8 Å². The quantitative estimate of drug-likeness (QED) is 0.251. The zero-order valence-electron chi connectivity index (χ0n) is 17.5. The van der Waals surface area contributed by atoms with E-state index in [-0.39, 0.29) is 5.69 Å². The Morgan fingerprint density at radius 2 is 1.94 bits per heavy atom. The third-order valence-corrected chi connectivity index (χ3v) is 5.45. The summed E-state index contributed by atoms with van der Waals surface area (Å²) in [5.74, 6) is 0.220. The number of para-hydroxylation sites is 2. The Kier molecular flexibility index (Phi) is 5.70. The highest BCUT2D eigenvalue weighted by molar-refractivity contribution is 5.94. The van der Waals surface area contributed by atoms with E-state index in [4.69, 9.17) is 4.74 Å². The maximum absolute atomic E-state index is 13.1. The maximum atomic E-state index is 13.1. The van der Waals surface area contributed by atoms with Gasteiger partial charge in [0.2, 0.25) is 5.95 Å². The van der Waals surface area contributed by atoms with Gasteiger partial charge in [0, 0.05) is 17.8 Å². The van der Waals surface area contributed by atoms with Crippen LogP contribution in [0.25, 0.3) is 11.0 Å². The number of nitro benzene ring substituents is 1. The van der Waals surface area contributed by atoms with Crippen molar-refractivity contribution in [3.8, 4) is 0 Å². The topological polar surface area (TPSA) is 99.3 Å². The highest BCUT2D eigenvalue weighted by Gasteiger charge is 2.35. The second-order valence-corrected chi connectivity index (χ2v) is 7.55. The van der Waals surface area contributed by atoms with Gasteiger partial charge < -0.3 is 10.1 Å². The third kappa shape index (κ3) is 3.88. The molecule has 0 amide bonds. The van der Waals surface area contributed by atoms with E-state index in [1.165, 1.54) is 12.1 Å². The second-order valence-electron chi connectivity index (χ2n) is 7.55. The molecule has 1 aliphatic heterocycles. The van der Waals surface area contributed by atoms with Crippen molar-refractivity contribution in [2.45, 2.75) is 39.2 Å². The van der Waals surface area contributed by atoms with Crippen molar-refractivity contribution in [3.63, 3.8) is 0 Å². The zero-order valence-corrected chi connectivity index (χ0v) is 17.5. The minimum absolute atomic E-state index is 0.00205. The molecule has 0 fully saturated rings. The molecule has 1 N–H and O–H groups in total. The molecule has 0 spiro atoms. The molecule has 1 aliphatic rings. The number of esters is 1. The Hall–Kier alpha value is -3.68. The molecule has 0 bridgehead atoms. The molecule has 3 aromatic rings. The number of rotatable bonds is 7. The Balaban J connectivity index is 1.80. The number of hydrogen-bond donors (Lipinski definition) is 1. The molecule has 4 rings (SSSR count). The number of anilines is 1. The van der Waals surface area contributed by atoms with Gasteiger partial charge in [0.1, 0.15) is 0 Å². The molecule has 8 heteroatoms. The second kappa shape index (κ2) is 8.59. The van der Waals surface area contributed by atoms with Gasteiger partial charge in [-0.15, -0.1) is 0 Å². The lowest BCUT2D eigenvalue weighted by Crippen LogP contribution is -2.29. The number of aromatic nitrogens is 2. The maximum Gasteiger partial charge on any atom is 0.338 e. The number of nitro groups is 1. The number of carbonyl (C=O) groups is 1. The number of benzene rings is 2. The largest absolute Gasteiger partial charge is 0.462 e. The molecule has 8 nitrogen and oxygen atoms in total. The van der Waals surface area contributed by atoms with E-state index in [1.54, 1.807) is 12.1 Å². The Morgan fingerprint density at radius 3 is 2.65 bits per heavy atom. The molecule has 2 heterocycles. The van der Waals surface area contributed by atoms with Gasteiger partial charge in [-0.2, -0.15) is 0 Å². The standard InChI is InChI=1S/C23H24N4O4/c1-3-4-7-14-31-22(28)20-15(2)24-23-25-18-8-5-6-9-19(18)26(23)21(20)16-10-12-17(13-11-16)27(29)30/h5-6,8-13,21H,3-4,7,14H2,1-2H3,(H,24,25)/t21-/m1/s1. The van der Waals surface area contributed by atoms with Crippen LogP contribution in [0.1, 0.15) is 44.7 Å². The van der Waals surface area contributed by atoms with Crippen LogP contribution in [0.15, 0.2) is 59.8 Å². The number of non-ortho nitro benzene ring substituents is 1. The van der Waals surface area contributed by atoms with Gasteiger partial charge in [0.15, 0.2) is 0 Å². The zero-order chi connectivity index (χ0) is 22.0. The monoisotopic (exact) mass is 420 g/mol. The Bertz CT molecular complexity index is 1160. The number of carbonyl (C=O) groups excluding carboxylic acids is 1. The predicted octanol–water partition coefficient (Wildman–Crippen LogP) is 4.97. The van der Waals surface area contributed by atoms with Crippen LogP contribution in [-0.4, -0.2) is 27.1 Å². The number of ether oxygens (including phenoxy) is 1. The lowest BCUT2D eigenvalue weighted by atomic mass is 9.95. The van der Waals surface area contributed by atoms with Crippen LogP contribution < -0.4 is 5.32 Å². The summed E-state index contributed by atoms with van der Waals surface area (Å²) in [7, 11) is 0. The third-order valence-electron chi connectivity index (χ3n) is 5.45. The number of unbranched alkanes of at least 4 members (excludes halogenated alkanes) is 2. The summed E-state index contributed by atoms with van der Waals surface area (Å²) in [5, 5.41) is 14.3. The number of fused-ring (bicyclic) bond motifs is 3. The molecular formula is C23H24N4O4. The molecule has 1 aromatic heterocycles. The summed E-state index contributed by atoms with van der Waals surface area (Å²) in [5.41, 5.74) is 3.53. The Morgan fingerprint density at radius 1 is 1.19 bits per heavy atom. The molecule has 31 heavy (non-hydrogen) atoms. The van der Waals surface area contributed by atoms with Crippen LogP contribution in [0.3, 0.4) is 0 Å². The summed E-state index contributed by atoms with van der Waals surface area (Å²) >= 11 is 0. The smallest absolute Gasteiger partial charge is 0.338 e. The van der Waals surface area contributed by atoms with Crippen LogP contribution >= 0.6 is 0 Å². The molecular weight excluding hydrogens is 396 g/mol. The summed E-state index contributed by atoms with van der Waals surface area (Å²) < 4.78 is 7.54. The van der Waals surface area contributed by atoms with Gasteiger partial charge >= 0.3 is 5.97 Å². The average molecular weight is 420 g/mol. The van der Waals surface area contributed by atoms with Gasteiger partial charge in [-0.1, -0.05) is 31.9 Å². The molecule has 0 saturated heterocycles. The van der Waals surface area contributed by atoms with Crippen LogP contribution in [-0.2, 0) is 9.53 Å². The van der Waals surface area contributed by atoms with E-state index < -0.39 is 16.9 Å². The van der Waals surface area contributed by atoms with Crippen molar-refractivity contribution in [2.75, 3.05) is 11.9 Å². The summed E-state index contributed by atoms with van der Waals surface area (Å²) in [6.45, 7) is 4.27. The molecule has 0 saturated carbocycles. The first-order valence-corrected chi connectivity index (χ1v) is 10.4. The van der Waals surface area contributed by atoms with E-state index in [0.29, 0.717) is 23.8 Å². The van der Waals surface area contributed by atoms with Crippen molar-refractivity contribution >= 4 is 28.6 Å². The summed E-state index contributed by atoms with van der Waals surface area (Å²) in [6.07, 6.45) is 2.84. The Labute approximate surface area is 179 Å². The van der Waals surface area contributed by atoms with Crippen molar-refractivity contribution in [1.82, 2.24) is 9.55 Å². The number of imidazole rings is 1. The lowest BCUT2D eigenvalue weighted by molar-refractivity contribution is -0.384. The molecule has 0 unspecified atom stereocenters. The van der Waals surface area contributed by atoms with Crippen molar-refractivity contribution < 1.29 is 14.5 Å². The lowest BCUT2D eigenvalue weighted by Gasteiger charge is -2.30. The molecule has 2 aromatic carbocycles. The fraction of sp³-hybridized carbons (Fsp3) is 0.304. The first-order valence-electron chi connectivity index (χ1n) is 10.4. The fourth-order valence-corrected chi connectivity index (χ4v) is 3.92. The van der Waals surface area contributed by atoms with Crippen LogP contribution in [0.2, 0.25) is 0 Å². The van der Waals surface area contributed by atoms with Crippen LogP contribution in [0.4, 0.5) is 11.6 Å². The normalized spacial score (nSPS) is 15.5. The van der Waals surface area contributed by atoms with Gasteiger partial charge in [0.05, 0.1) is 34.2 Å². The SMILES string of the molecule is CCCCCOC(=O)C1=C(C)Nc2nc3ccccc3n2[C@@H]1c1ccc([N+](=O)[O-])cc1. The summed E-state index contributed by atoms with van der Waals surface area (Å²) in [6, 6.07) is 13.4. The number of hydrogen-bond acceptors (Lipinski definition) is 6. The van der Waals surface area contributed by atoms with Crippen molar-refractivity contribution in [2.24, 2.45) is 0 Å². The first-order chi connectivity index (χ1) is 15.0. The average Bonchev–Trinajstić information content (AvgIpc) is 3.13. The van der Waals surface area contributed by atoms with Gasteiger partial charge in [0.25, 0.3) is 5.69 Å². The van der Waals surface area contributed by atoms with Gasteiger partial charge in [-0.25, -0.2) is 9.78 Å². The molecule has 0 radical (unpaired) electrons. The van der Waals surface area contributed by atoms with E-state index in [2.05, 4.69) is 17.2 Å². The van der Waals surface area contributed by atoms with Gasteiger partial charge in [-0.3, -0.25) is 14.7 Å². The molecule has 1 atom stereocenters. The number of allylic oxidation sites excluding steroid dienone is 1. The van der Waals surface area contributed by atoms with Crippen LogP contribution in [0.5, 0.6) is 0 Å². The molecule has 160 valence electrons. The minimum atomic E-state index is -0.511. The highest BCUT2D eigenvalue weighted by Crippen LogP contribution is 2.39. The van der Waals surface area contributed by atoms with Crippen LogP contribution in [0, 0.1) is 10.1 Å². The number of nitrogens with one attached hydrogen (secondary N) is 1. The first kappa shape index (κ1) is 20.6. The summed E-state index contributed by atoms with van der Waals surface area (Å²) in [4.78, 5) is 28.5. The minimum Gasteiger partial charge on any atom is -0.462 e. The van der Waals surface area contributed by atoms with Crippen molar-refractivity contribution in [1.29, 1.82) is 0 Å². The van der Waals surface area contributed by atoms with E-state index >= 15 is 0 Å². The fourth-order valence-electron chi connectivity index (χ4n) is 3.92. The van der Waals surface area contributed by atoms with Gasteiger partial charge in [-0.05, 0) is 43.2 Å². The van der Waals surface area contributed by atoms with E-state index in [9.17, 15) is 14.9 Å². The predicted molar refractivity (Wildman–Crippen MR) is 118 cm³/mol. The highest BCUT2D eigenvalue weighted by atomic mass is 16.6. The van der Waals surface area contributed by atoms with Crippen molar-refractivity contribution in [3.05, 3.63) is 75.5 Å². The van der Waals surface area contributed by atoms with E-state index in [0.717, 1.165) is 35.9 Å². The molecule has 0 aliphatic carbocycles. The number of nitrogens with zero attached hydrogens (tertiary/aromatic N) is 3.